The Hall–Kier alpha value is -1.81. The summed E-state index contributed by atoms with van der Waals surface area (Å²) in [7, 11) is 0. The maximum atomic E-state index is 12.0. The minimum absolute atomic E-state index is 0.150. The van der Waals surface area contributed by atoms with Gasteiger partial charge in [0, 0.05) is 6.54 Å². The molecule has 100 valence electrons. The number of benzene rings is 2. The van der Waals surface area contributed by atoms with Gasteiger partial charge < -0.3 is 10.1 Å². The summed E-state index contributed by atoms with van der Waals surface area (Å²) < 4.78 is 28.2. The fourth-order valence-corrected chi connectivity index (χ4v) is 1.79. The molecule has 0 aliphatic carbocycles. The van der Waals surface area contributed by atoms with Crippen molar-refractivity contribution >= 4 is 17.3 Å². The molecule has 0 saturated carbocycles. The maximum absolute atomic E-state index is 12.0. The molecule has 0 amide bonds. The highest BCUT2D eigenvalue weighted by molar-refractivity contribution is 6.33. The van der Waals surface area contributed by atoms with Crippen LogP contribution >= 0.6 is 11.6 Å². The number of hydrogen-bond donors (Lipinski definition) is 1. The largest absolute Gasteiger partial charge is 0.435 e. The van der Waals surface area contributed by atoms with Crippen molar-refractivity contribution in [2.75, 3.05) is 5.32 Å². The monoisotopic (exact) mass is 283 g/mol. The molecule has 0 atom stereocenters. The van der Waals surface area contributed by atoms with Crippen molar-refractivity contribution in [3.63, 3.8) is 0 Å². The summed E-state index contributed by atoms with van der Waals surface area (Å²) in [5.74, 6) is 0.150. The van der Waals surface area contributed by atoms with E-state index >= 15 is 0 Å². The number of ether oxygens (including phenoxy) is 1. The Morgan fingerprint density at radius 3 is 2.37 bits per heavy atom. The molecule has 1 N–H and O–H groups in total. The summed E-state index contributed by atoms with van der Waals surface area (Å²) in [6.45, 7) is -2.24. The second-order valence-electron chi connectivity index (χ2n) is 3.86. The fraction of sp³-hybridized carbons (Fsp3) is 0.143. The average Bonchev–Trinajstić information content (AvgIpc) is 2.39. The maximum Gasteiger partial charge on any atom is 0.387 e. The second kappa shape index (κ2) is 6.38. The molecular weight excluding hydrogens is 272 g/mol. The van der Waals surface area contributed by atoms with Gasteiger partial charge in [0.25, 0.3) is 0 Å². The topological polar surface area (TPSA) is 21.3 Å². The summed E-state index contributed by atoms with van der Waals surface area (Å²) in [4.78, 5) is 0. The van der Waals surface area contributed by atoms with Crippen LogP contribution in [0.1, 0.15) is 5.56 Å². The molecule has 0 fully saturated rings. The van der Waals surface area contributed by atoms with Gasteiger partial charge in [-0.2, -0.15) is 8.78 Å². The van der Waals surface area contributed by atoms with Crippen LogP contribution in [-0.2, 0) is 6.54 Å². The highest BCUT2D eigenvalue weighted by Gasteiger charge is 2.04. The van der Waals surface area contributed by atoms with E-state index in [-0.39, 0.29) is 5.75 Å². The smallest absolute Gasteiger partial charge is 0.387 e. The molecule has 19 heavy (non-hydrogen) atoms. The van der Waals surface area contributed by atoms with Gasteiger partial charge in [0.1, 0.15) is 5.75 Å². The zero-order valence-corrected chi connectivity index (χ0v) is 10.7. The summed E-state index contributed by atoms with van der Waals surface area (Å²) in [6, 6.07) is 13.9. The van der Waals surface area contributed by atoms with Crippen LogP contribution in [0.3, 0.4) is 0 Å². The summed E-state index contributed by atoms with van der Waals surface area (Å²) in [5.41, 5.74) is 1.78. The first-order valence-electron chi connectivity index (χ1n) is 5.67. The van der Waals surface area contributed by atoms with Crippen LogP contribution in [0.5, 0.6) is 5.75 Å². The van der Waals surface area contributed by atoms with Gasteiger partial charge in [0.15, 0.2) is 0 Å². The number of para-hydroxylation sites is 1. The van der Waals surface area contributed by atoms with Crippen molar-refractivity contribution in [3.8, 4) is 5.75 Å². The quantitative estimate of drug-likeness (QED) is 0.869. The van der Waals surface area contributed by atoms with Crippen molar-refractivity contribution in [1.29, 1.82) is 0 Å². The minimum atomic E-state index is -2.80. The first-order valence-corrected chi connectivity index (χ1v) is 6.05. The lowest BCUT2D eigenvalue weighted by molar-refractivity contribution is -0.0498. The third-order valence-electron chi connectivity index (χ3n) is 2.51. The van der Waals surface area contributed by atoms with Crippen molar-refractivity contribution < 1.29 is 13.5 Å². The second-order valence-corrected chi connectivity index (χ2v) is 4.26. The van der Waals surface area contributed by atoms with Gasteiger partial charge in [-0.1, -0.05) is 35.9 Å². The highest BCUT2D eigenvalue weighted by Crippen LogP contribution is 2.21. The molecule has 0 aromatic heterocycles. The summed E-state index contributed by atoms with van der Waals surface area (Å²) in [5, 5.41) is 3.81. The molecule has 2 aromatic carbocycles. The molecule has 5 heteroatoms. The van der Waals surface area contributed by atoms with E-state index in [2.05, 4.69) is 10.1 Å². The van der Waals surface area contributed by atoms with Gasteiger partial charge >= 0.3 is 6.61 Å². The van der Waals surface area contributed by atoms with E-state index in [9.17, 15) is 8.78 Å². The van der Waals surface area contributed by atoms with E-state index in [1.165, 1.54) is 12.1 Å². The van der Waals surface area contributed by atoms with Crippen molar-refractivity contribution in [2.45, 2.75) is 13.2 Å². The van der Waals surface area contributed by atoms with Crippen LogP contribution in [0.4, 0.5) is 14.5 Å². The number of nitrogens with one attached hydrogen (secondary N) is 1. The molecule has 0 aliphatic rings. The summed E-state index contributed by atoms with van der Waals surface area (Å²) >= 11 is 6.01. The van der Waals surface area contributed by atoms with E-state index in [0.717, 1.165) is 11.3 Å². The van der Waals surface area contributed by atoms with Gasteiger partial charge in [0.05, 0.1) is 10.7 Å². The minimum Gasteiger partial charge on any atom is -0.435 e. The lowest BCUT2D eigenvalue weighted by Crippen LogP contribution is -2.03. The molecule has 0 unspecified atom stereocenters. The molecule has 2 nitrogen and oxygen atoms in total. The number of hydrogen-bond acceptors (Lipinski definition) is 2. The SMILES string of the molecule is FC(F)Oc1ccc(CNc2ccccc2Cl)cc1. The van der Waals surface area contributed by atoms with Crippen LogP contribution in [0.25, 0.3) is 0 Å². The van der Waals surface area contributed by atoms with Crippen molar-refractivity contribution in [1.82, 2.24) is 0 Å². The lowest BCUT2D eigenvalue weighted by Gasteiger charge is -2.09. The van der Waals surface area contributed by atoms with Crippen LogP contribution < -0.4 is 10.1 Å². The van der Waals surface area contributed by atoms with Crippen molar-refractivity contribution in [3.05, 3.63) is 59.1 Å². The third kappa shape index (κ3) is 4.10. The normalized spacial score (nSPS) is 10.5. The van der Waals surface area contributed by atoms with Crippen LogP contribution in [-0.4, -0.2) is 6.61 Å². The number of rotatable bonds is 5. The Bertz CT molecular complexity index is 531. The fourth-order valence-electron chi connectivity index (χ4n) is 1.59. The molecule has 0 saturated heterocycles. The standard InChI is InChI=1S/C14H12ClF2NO/c15-12-3-1-2-4-13(12)18-9-10-5-7-11(8-6-10)19-14(16)17/h1-8,14,18H,9H2. The lowest BCUT2D eigenvalue weighted by atomic mass is 10.2. The van der Waals surface area contributed by atoms with Crippen molar-refractivity contribution in [2.24, 2.45) is 0 Å². The highest BCUT2D eigenvalue weighted by atomic mass is 35.5. The molecule has 0 aliphatic heterocycles. The van der Waals surface area contributed by atoms with Gasteiger partial charge in [-0.05, 0) is 29.8 Å². The molecule has 0 radical (unpaired) electrons. The summed E-state index contributed by atoms with van der Waals surface area (Å²) in [6.07, 6.45) is 0. The van der Waals surface area contributed by atoms with Crippen LogP contribution in [0.15, 0.2) is 48.5 Å². The Balaban J connectivity index is 1.95. The molecule has 2 aromatic rings. The van der Waals surface area contributed by atoms with E-state index in [4.69, 9.17) is 11.6 Å². The third-order valence-corrected chi connectivity index (χ3v) is 2.83. The van der Waals surface area contributed by atoms with Gasteiger partial charge in [-0.15, -0.1) is 0 Å². The Morgan fingerprint density at radius 2 is 1.74 bits per heavy atom. The molecule has 2 rings (SSSR count). The van der Waals surface area contributed by atoms with Gasteiger partial charge in [-0.3, -0.25) is 0 Å². The van der Waals surface area contributed by atoms with Gasteiger partial charge in [-0.25, -0.2) is 0 Å². The molecule has 0 heterocycles. The van der Waals surface area contributed by atoms with E-state index in [0.29, 0.717) is 11.6 Å². The number of alkyl halides is 2. The zero-order valence-electron chi connectivity index (χ0n) is 9.95. The molecule has 0 bridgehead atoms. The predicted octanol–water partition coefficient (Wildman–Crippen LogP) is 4.55. The predicted molar refractivity (Wildman–Crippen MR) is 71.9 cm³/mol. The first-order chi connectivity index (χ1) is 9.15. The van der Waals surface area contributed by atoms with E-state index < -0.39 is 6.61 Å². The Labute approximate surface area is 115 Å². The van der Waals surface area contributed by atoms with Gasteiger partial charge in [0.2, 0.25) is 0 Å². The zero-order chi connectivity index (χ0) is 13.7. The Kier molecular flexibility index (Phi) is 4.58. The molecule has 0 spiro atoms. The Morgan fingerprint density at radius 1 is 1.05 bits per heavy atom. The average molecular weight is 284 g/mol. The first kappa shape index (κ1) is 13.6. The van der Waals surface area contributed by atoms with Crippen LogP contribution in [0.2, 0.25) is 5.02 Å². The number of halogens is 3. The number of anilines is 1. The van der Waals surface area contributed by atoms with E-state index in [1.54, 1.807) is 18.2 Å². The van der Waals surface area contributed by atoms with Crippen LogP contribution in [0, 0.1) is 0 Å². The molecular formula is C14H12ClF2NO. The van der Waals surface area contributed by atoms with E-state index in [1.807, 2.05) is 18.2 Å².